The SMILES string of the molecule is [CH2-]N([CH2-])[CH2-].[Y].[Y].[Y]. The van der Waals surface area contributed by atoms with Gasteiger partial charge in [-0.1, -0.05) is 0 Å². The summed E-state index contributed by atoms with van der Waals surface area (Å²) in [6.07, 6.45) is 0. The van der Waals surface area contributed by atoms with E-state index in [9.17, 15) is 0 Å². The molecule has 0 aliphatic carbocycles. The first-order chi connectivity index (χ1) is 1.73. The van der Waals surface area contributed by atoms with Crippen LogP contribution in [0.15, 0.2) is 0 Å². The Kier molecular flexibility index (Phi) is 51.7. The van der Waals surface area contributed by atoms with E-state index in [4.69, 9.17) is 0 Å². The second-order valence-electron chi connectivity index (χ2n) is 0.671. The minimum atomic E-state index is 0. The van der Waals surface area contributed by atoms with Gasteiger partial charge in [0, 0.05) is 98.1 Å². The molecule has 7 heavy (non-hydrogen) atoms. The van der Waals surface area contributed by atoms with Crippen molar-refractivity contribution < 1.29 is 98.1 Å². The summed E-state index contributed by atoms with van der Waals surface area (Å²) < 4.78 is 0. The molecule has 0 aromatic carbocycles. The maximum Gasteiger partial charge on any atom is 0 e. The van der Waals surface area contributed by atoms with Crippen LogP contribution in [0.25, 0.3) is 0 Å². The standard InChI is InChI=1S/C3H6N.3Y/c1-4(2)3;;;/h1-3H2;;;/q-3;;;. The van der Waals surface area contributed by atoms with Gasteiger partial charge in [0.25, 0.3) is 0 Å². The Morgan fingerprint density at radius 2 is 0.714 bits per heavy atom. The third-order valence-electron chi connectivity index (χ3n) is 0. The maximum absolute atomic E-state index is 3.25. The molecule has 0 spiro atoms. The first kappa shape index (κ1) is 22.4. The molecule has 4 heteroatoms. The van der Waals surface area contributed by atoms with E-state index >= 15 is 0 Å². The van der Waals surface area contributed by atoms with Crippen LogP contribution in [-0.4, -0.2) is 4.90 Å². The van der Waals surface area contributed by atoms with Gasteiger partial charge in [-0.05, 0) is 0 Å². The number of hydrogen-bond donors (Lipinski definition) is 0. The van der Waals surface area contributed by atoms with Crippen LogP contribution in [0.1, 0.15) is 0 Å². The fourth-order valence-electron chi connectivity index (χ4n) is 0. The van der Waals surface area contributed by atoms with Gasteiger partial charge in [0.1, 0.15) is 0 Å². The summed E-state index contributed by atoms with van der Waals surface area (Å²) in [4.78, 5) is 1.25. The molecular formula is C3H6NY3-3. The normalized spacial score (nSPS) is 5.14. The molecule has 0 rings (SSSR count). The molecule has 0 aromatic heterocycles. The molecule has 0 aromatic rings. The molecule has 35 valence electrons. The van der Waals surface area contributed by atoms with Crippen LogP contribution in [0.3, 0.4) is 0 Å². The minimum Gasteiger partial charge on any atom is -0.770 e. The zero-order chi connectivity index (χ0) is 3.58. The molecule has 3 radical (unpaired) electrons. The van der Waals surface area contributed by atoms with E-state index in [1.165, 1.54) is 4.90 Å². The van der Waals surface area contributed by atoms with E-state index < -0.39 is 0 Å². The predicted molar refractivity (Wildman–Crippen MR) is 17.9 cm³/mol. The van der Waals surface area contributed by atoms with Crippen LogP contribution < -0.4 is 0 Å². The van der Waals surface area contributed by atoms with Gasteiger partial charge in [-0.25, -0.2) is 0 Å². The van der Waals surface area contributed by atoms with Crippen molar-refractivity contribution in [2.75, 3.05) is 0 Å². The Morgan fingerprint density at radius 3 is 0.714 bits per heavy atom. The Labute approximate surface area is 121 Å². The van der Waals surface area contributed by atoms with Crippen molar-refractivity contribution in [3.63, 3.8) is 0 Å². The number of rotatable bonds is 0. The molecule has 0 N–H and O–H groups in total. The third-order valence-corrected chi connectivity index (χ3v) is 0. The van der Waals surface area contributed by atoms with E-state index in [2.05, 4.69) is 21.1 Å². The zero-order valence-electron chi connectivity index (χ0n) is 4.30. The van der Waals surface area contributed by atoms with Crippen LogP contribution in [0.4, 0.5) is 0 Å². The molecule has 0 saturated carbocycles. The number of nitrogens with zero attached hydrogens (tertiary/aromatic N) is 1. The average Bonchev–Trinajstić information content (AvgIpc) is 0.811. The van der Waals surface area contributed by atoms with Crippen molar-refractivity contribution in [1.82, 2.24) is 4.90 Å². The van der Waals surface area contributed by atoms with Gasteiger partial charge in [0.2, 0.25) is 0 Å². The molecule has 1 nitrogen and oxygen atoms in total. The Balaban J connectivity index is -0.0000000150. The van der Waals surface area contributed by atoms with E-state index in [1.807, 2.05) is 0 Å². The maximum atomic E-state index is 3.25. The molecule has 0 atom stereocenters. The van der Waals surface area contributed by atoms with Gasteiger partial charge in [-0.15, -0.1) is 0 Å². The molecule has 0 bridgehead atoms. The molecular weight excluding hydrogens is 317 g/mol. The minimum absolute atomic E-state index is 0. The summed E-state index contributed by atoms with van der Waals surface area (Å²) in [6.45, 7) is 0. The molecule has 0 fully saturated rings. The fourth-order valence-corrected chi connectivity index (χ4v) is 0. The van der Waals surface area contributed by atoms with Crippen LogP contribution in [-0.2, 0) is 98.1 Å². The zero-order valence-corrected chi connectivity index (χ0v) is 12.8. The molecule has 0 aliphatic rings. The van der Waals surface area contributed by atoms with Gasteiger partial charge >= 0.3 is 0 Å². The van der Waals surface area contributed by atoms with Crippen molar-refractivity contribution in [2.24, 2.45) is 0 Å². The molecule has 0 heterocycles. The predicted octanol–water partition coefficient (Wildman–Crippen LogP) is 0.656. The van der Waals surface area contributed by atoms with Crippen LogP contribution in [0.2, 0.25) is 0 Å². The van der Waals surface area contributed by atoms with Crippen molar-refractivity contribution in [1.29, 1.82) is 0 Å². The van der Waals surface area contributed by atoms with Crippen LogP contribution >= 0.6 is 0 Å². The molecule has 0 amide bonds. The van der Waals surface area contributed by atoms with Crippen LogP contribution in [0, 0.1) is 21.1 Å². The van der Waals surface area contributed by atoms with Crippen molar-refractivity contribution in [3.8, 4) is 0 Å². The van der Waals surface area contributed by atoms with E-state index in [0.29, 0.717) is 0 Å². The van der Waals surface area contributed by atoms with Gasteiger partial charge in [0.05, 0.1) is 0 Å². The average molecular weight is 323 g/mol. The van der Waals surface area contributed by atoms with Gasteiger partial charge in [0.15, 0.2) is 0 Å². The number of hydrogen-bond acceptors (Lipinski definition) is 1. The quantitative estimate of drug-likeness (QED) is 0.592. The Hall–Kier alpha value is 3.27. The Morgan fingerprint density at radius 1 is 0.714 bits per heavy atom. The molecule has 0 aliphatic heterocycles. The van der Waals surface area contributed by atoms with E-state index in [0.717, 1.165) is 0 Å². The second kappa shape index (κ2) is 16.1. The van der Waals surface area contributed by atoms with Gasteiger partial charge in [-0.2, -0.15) is 0 Å². The van der Waals surface area contributed by atoms with E-state index in [1.54, 1.807) is 0 Å². The summed E-state index contributed by atoms with van der Waals surface area (Å²) in [5, 5.41) is 0. The summed E-state index contributed by atoms with van der Waals surface area (Å²) >= 11 is 0. The molecule has 0 saturated heterocycles. The monoisotopic (exact) mass is 323 g/mol. The van der Waals surface area contributed by atoms with Crippen molar-refractivity contribution in [2.45, 2.75) is 0 Å². The summed E-state index contributed by atoms with van der Waals surface area (Å²) in [7, 11) is 9.75. The summed E-state index contributed by atoms with van der Waals surface area (Å²) in [5.41, 5.74) is 0. The Bertz CT molecular complexity index is 14.9. The fraction of sp³-hybridized carbons (Fsp3) is 0. The third kappa shape index (κ3) is 45.8. The first-order valence-corrected chi connectivity index (χ1v) is 0.949. The second-order valence-corrected chi connectivity index (χ2v) is 0.671. The van der Waals surface area contributed by atoms with Gasteiger partial charge < -0.3 is 26.0 Å². The largest absolute Gasteiger partial charge is 0.770 e. The molecule has 0 unspecified atom stereocenters. The van der Waals surface area contributed by atoms with Crippen molar-refractivity contribution >= 4 is 0 Å². The topological polar surface area (TPSA) is 3.24 Å². The smallest absolute Gasteiger partial charge is 0 e. The van der Waals surface area contributed by atoms with Crippen LogP contribution in [0.5, 0.6) is 0 Å². The first-order valence-electron chi connectivity index (χ1n) is 0.949. The van der Waals surface area contributed by atoms with Crippen molar-refractivity contribution in [3.05, 3.63) is 21.1 Å². The van der Waals surface area contributed by atoms with Gasteiger partial charge in [-0.3, -0.25) is 0 Å². The summed E-state index contributed by atoms with van der Waals surface area (Å²) in [5.74, 6) is 0. The summed E-state index contributed by atoms with van der Waals surface area (Å²) in [6, 6.07) is 0. The van der Waals surface area contributed by atoms with E-state index in [-0.39, 0.29) is 98.1 Å².